The zero-order valence-electron chi connectivity index (χ0n) is 26.9. The van der Waals surface area contributed by atoms with Crippen LogP contribution >= 0.6 is 0 Å². The van der Waals surface area contributed by atoms with Gasteiger partial charge in [-0.1, -0.05) is 24.3 Å². The molecule has 0 atom stereocenters. The van der Waals surface area contributed by atoms with Gasteiger partial charge in [-0.3, -0.25) is 19.6 Å². The topological polar surface area (TPSA) is 255 Å². The number of nitrogens with two attached hydrogens (primary N) is 2. The number of nitrogens with zero attached hydrogens (tertiary/aromatic N) is 6. The number of hydrogen-bond donors (Lipinski definition) is 5. The zero-order valence-corrected chi connectivity index (χ0v) is 27.7. The minimum absolute atomic E-state index is 0.140. The zero-order chi connectivity index (χ0) is 36.9. The number of nitrogen functional groups attached to an aromatic ring is 2. The molecule has 1 aliphatic rings. The second-order valence-corrected chi connectivity index (χ2v) is 12.4. The first-order chi connectivity index (χ1) is 24.2. The van der Waals surface area contributed by atoms with Gasteiger partial charge in [-0.25, -0.2) is 4.79 Å². The molecule has 4 aromatic rings. The van der Waals surface area contributed by atoms with Gasteiger partial charge in [0.1, 0.15) is 21.8 Å². The number of hydrogen-bond acceptors (Lipinski definition) is 13. The number of aliphatic carboxylic acids is 1. The number of azo groups is 2. The van der Waals surface area contributed by atoms with Crippen molar-refractivity contribution >= 4 is 73.3 Å². The average molecular weight is 708 g/mol. The molecule has 17 heteroatoms. The highest BCUT2D eigenvalue weighted by Crippen LogP contribution is 2.43. The maximum atomic E-state index is 12.2. The van der Waals surface area contributed by atoms with Crippen molar-refractivity contribution in [2.45, 2.75) is 4.90 Å². The van der Waals surface area contributed by atoms with Crippen molar-refractivity contribution in [2.75, 3.05) is 31.0 Å². The molecule has 5 rings (SSSR count). The summed E-state index contributed by atoms with van der Waals surface area (Å²) in [5.74, 6) is -2.15. The Labute approximate surface area is 291 Å². The molecular formula is C34H29N9O7S. The Morgan fingerprint density at radius 1 is 0.784 bits per heavy atom. The number of carbonyl (C=O) groups is 3. The number of allylic oxidation sites excluding steroid dienone is 3. The van der Waals surface area contributed by atoms with E-state index in [1.165, 1.54) is 29.2 Å². The first-order valence-electron chi connectivity index (χ1n) is 14.8. The predicted octanol–water partition coefficient (Wildman–Crippen LogP) is 6.22. The van der Waals surface area contributed by atoms with Crippen LogP contribution in [0.4, 0.5) is 39.8 Å². The van der Waals surface area contributed by atoms with Gasteiger partial charge in [-0.05, 0) is 84.0 Å². The monoisotopic (exact) mass is 707 g/mol. The maximum Gasteiger partial charge on any atom is 0.339 e. The smallest absolute Gasteiger partial charge is 0.339 e. The van der Waals surface area contributed by atoms with Crippen molar-refractivity contribution in [2.24, 2.45) is 25.6 Å². The number of benzene rings is 4. The van der Waals surface area contributed by atoms with Crippen LogP contribution in [-0.4, -0.2) is 60.4 Å². The molecular weight excluding hydrogens is 678 g/mol. The van der Waals surface area contributed by atoms with Gasteiger partial charge >= 0.3 is 5.97 Å². The molecule has 0 fully saturated rings. The Balaban J connectivity index is 1.33. The molecule has 1 aliphatic carbocycles. The largest absolute Gasteiger partial charge is 0.478 e. The van der Waals surface area contributed by atoms with Crippen molar-refractivity contribution in [1.82, 2.24) is 4.90 Å². The normalized spacial score (nSPS) is 13.9. The van der Waals surface area contributed by atoms with Crippen molar-refractivity contribution in [3.05, 3.63) is 108 Å². The minimum atomic E-state index is -4.82. The van der Waals surface area contributed by atoms with Crippen molar-refractivity contribution in [3.63, 3.8) is 0 Å². The molecule has 0 saturated carbocycles. The molecule has 0 aliphatic heterocycles. The molecule has 7 N–H and O–H groups in total. The minimum Gasteiger partial charge on any atom is -0.478 e. The van der Waals surface area contributed by atoms with E-state index in [1.807, 2.05) is 12.1 Å². The van der Waals surface area contributed by atoms with Crippen LogP contribution in [0.1, 0.15) is 10.4 Å². The van der Waals surface area contributed by atoms with E-state index in [4.69, 9.17) is 16.6 Å². The van der Waals surface area contributed by atoms with Crippen molar-refractivity contribution in [1.29, 1.82) is 0 Å². The first kappa shape index (κ1) is 35.5. The SMILES string of the molecule is CN(C)C(=O)c1ccc(N=Nc2c(N)c(N=Nc3ccc(-c4ccc(N/N=C5/C=CC(=O)C(C(=O)O)=C5)cc4)cc3)cc(S(=O)(=O)O)c2N)cc1. The lowest BCUT2D eigenvalue weighted by atomic mass is 10.0. The van der Waals surface area contributed by atoms with Crippen LogP contribution in [0.15, 0.2) is 133 Å². The molecule has 0 heterocycles. The summed E-state index contributed by atoms with van der Waals surface area (Å²) in [6.45, 7) is 0. The molecule has 0 unspecified atom stereocenters. The average Bonchev–Trinajstić information content (AvgIpc) is 3.10. The van der Waals surface area contributed by atoms with Crippen LogP contribution in [0.25, 0.3) is 11.1 Å². The Hall–Kier alpha value is -6.85. The van der Waals surface area contributed by atoms with E-state index in [-0.39, 0.29) is 34.3 Å². The first-order valence-corrected chi connectivity index (χ1v) is 16.2. The molecule has 51 heavy (non-hydrogen) atoms. The van der Waals surface area contributed by atoms with Gasteiger partial charge in [0.2, 0.25) is 0 Å². The van der Waals surface area contributed by atoms with Gasteiger partial charge in [0.05, 0.1) is 34.1 Å². The number of carboxylic acid groups (broad SMARTS) is 1. The van der Waals surface area contributed by atoms with E-state index >= 15 is 0 Å². The Morgan fingerprint density at radius 3 is 1.92 bits per heavy atom. The quantitative estimate of drug-likeness (QED) is 0.0311. The van der Waals surface area contributed by atoms with Crippen LogP contribution in [0.5, 0.6) is 0 Å². The van der Waals surface area contributed by atoms with Crippen molar-refractivity contribution in [3.8, 4) is 11.1 Å². The highest BCUT2D eigenvalue weighted by Gasteiger charge is 2.23. The molecule has 0 spiro atoms. The summed E-state index contributed by atoms with van der Waals surface area (Å²) >= 11 is 0. The Bertz CT molecular complexity index is 2300. The summed E-state index contributed by atoms with van der Waals surface area (Å²) < 4.78 is 34.1. The summed E-state index contributed by atoms with van der Waals surface area (Å²) in [5, 5.41) is 29.6. The van der Waals surface area contributed by atoms with E-state index in [0.29, 0.717) is 22.6 Å². The Kier molecular flexibility index (Phi) is 10.2. The van der Waals surface area contributed by atoms with E-state index in [9.17, 15) is 27.4 Å². The van der Waals surface area contributed by atoms with E-state index < -0.39 is 32.5 Å². The fourth-order valence-electron chi connectivity index (χ4n) is 4.56. The number of amides is 1. The summed E-state index contributed by atoms with van der Waals surface area (Å²) in [6, 6.07) is 21.2. The molecule has 0 radical (unpaired) electrons. The van der Waals surface area contributed by atoms with Gasteiger partial charge in [0.15, 0.2) is 5.78 Å². The highest BCUT2D eigenvalue weighted by atomic mass is 32.2. The molecule has 0 bridgehead atoms. The molecule has 16 nitrogen and oxygen atoms in total. The third-order valence-electron chi connectivity index (χ3n) is 7.25. The number of rotatable bonds is 10. The summed E-state index contributed by atoms with van der Waals surface area (Å²) in [7, 11) is -1.58. The fourth-order valence-corrected chi connectivity index (χ4v) is 5.19. The number of anilines is 3. The maximum absolute atomic E-state index is 12.2. The number of nitrogens with one attached hydrogen (secondary N) is 1. The highest BCUT2D eigenvalue weighted by molar-refractivity contribution is 7.86. The van der Waals surface area contributed by atoms with Crippen LogP contribution in [0, 0.1) is 0 Å². The van der Waals surface area contributed by atoms with Gasteiger partial charge in [-0.15, -0.1) is 10.2 Å². The predicted molar refractivity (Wildman–Crippen MR) is 191 cm³/mol. The van der Waals surface area contributed by atoms with Gasteiger partial charge in [-0.2, -0.15) is 23.7 Å². The number of carbonyl (C=O) groups excluding carboxylic acids is 2. The van der Waals surface area contributed by atoms with Crippen LogP contribution < -0.4 is 16.9 Å². The number of hydrazone groups is 1. The van der Waals surface area contributed by atoms with Gasteiger partial charge in [0, 0.05) is 19.7 Å². The molecule has 0 aromatic heterocycles. The van der Waals surface area contributed by atoms with E-state index in [2.05, 4.69) is 31.0 Å². The molecule has 258 valence electrons. The van der Waals surface area contributed by atoms with E-state index in [1.54, 1.807) is 62.6 Å². The van der Waals surface area contributed by atoms with Gasteiger partial charge in [0.25, 0.3) is 16.0 Å². The fraction of sp³-hybridized carbons (Fsp3) is 0.0588. The standard InChI is InChI=1S/C34H29N9O7S/c1-43(2)33(45)21-7-13-24(14-8-21)39-42-32-30(35)27(18-29(31(32)36)51(48,49)50)41-38-23-11-5-20(6-12-23)19-3-9-22(10-4-19)37-40-25-15-16-28(44)26(17-25)34(46)47/h3-18,37H,35-36H2,1-2H3,(H,46,47)(H,48,49,50)/b40-25-,41-38?,42-39?. The second kappa shape index (κ2) is 14.7. The van der Waals surface area contributed by atoms with Crippen molar-refractivity contribution < 1.29 is 32.5 Å². The lowest BCUT2D eigenvalue weighted by molar-refractivity contribution is -0.134. The lowest BCUT2D eigenvalue weighted by Crippen LogP contribution is -2.21. The third-order valence-corrected chi connectivity index (χ3v) is 8.14. The van der Waals surface area contributed by atoms with Gasteiger partial charge < -0.3 is 21.5 Å². The Morgan fingerprint density at radius 2 is 1.35 bits per heavy atom. The molecule has 0 saturated heterocycles. The lowest BCUT2D eigenvalue weighted by Gasteiger charge is -2.11. The summed E-state index contributed by atoms with van der Waals surface area (Å²) in [4.78, 5) is 35.7. The second-order valence-electron chi connectivity index (χ2n) is 11.0. The molecule has 4 aromatic carbocycles. The number of carboxylic acids is 1. The number of ketones is 1. The van der Waals surface area contributed by atoms with Crippen LogP contribution in [0.2, 0.25) is 0 Å². The van der Waals surface area contributed by atoms with Crippen LogP contribution in [-0.2, 0) is 19.7 Å². The van der Waals surface area contributed by atoms with Crippen LogP contribution in [0.3, 0.4) is 0 Å². The van der Waals surface area contributed by atoms with E-state index in [0.717, 1.165) is 23.3 Å². The summed E-state index contributed by atoms with van der Waals surface area (Å²) in [5.41, 5.74) is 17.4. The third kappa shape index (κ3) is 8.42. The molecule has 1 amide bonds. The summed E-state index contributed by atoms with van der Waals surface area (Å²) in [6.07, 6.45) is 3.73.